The van der Waals surface area contributed by atoms with Gasteiger partial charge in [0.15, 0.2) is 22.5 Å². The van der Waals surface area contributed by atoms with E-state index in [-0.39, 0.29) is 41.1 Å². The lowest BCUT2D eigenvalue weighted by Crippen LogP contribution is -2.47. The zero-order chi connectivity index (χ0) is 27.9. The summed E-state index contributed by atoms with van der Waals surface area (Å²) in [5, 5.41) is 4.72. The van der Waals surface area contributed by atoms with E-state index >= 15 is 0 Å². The number of likely N-dealkylation sites (tertiary alicyclic amines) is 1. The minimum Gasteiger partial charge on any atom is -0.444 e. The average Bonchev–Trinajstić information content (AvgIpc) is 2.85. The summed E-state index contributed by atoms with van der Waals surface area (Å²) in [7, 11) is 0. The molecule has 0 bridgehead atoms. The highest BCUT2D eigenvalue weighted by molar-refractivity contribution is 6.31. The molecule has 0 unspecified atom stereocenters. The molecule has 0 radical (unpaired) electrons. The maximum atomic E-state index is 12.9. The van der Waals surface area contributed by atoms with Crippen molar-refractivity contribution in [3.8, 4) is 0 Å². The van der Waals surface area contributed by atoms with Crippen LogP contribution >= 0.6 is 11.6 Å². The van der Waals surface area contributed by atoms with Crippen LogP contribution < -0.4 is 22.1 Å². The van der Waals surface area contributed by atoms with Crippen LogP contribution in [0.2, 0.25) is 5.15 Å². The number of amides is 3. The van der Waals surface area contributed by atoms with E-state index in [9.17, 15) is 14.4 Å². The number of nitrogen functional groups attached to an aromatic ring is 2. The zero-order valence-electron chi connectivity index (χ0n) is 21.4. The summed E-state index contributed by atoms with van der Waals surface area (Å²) in [6, 6.07) is 8.75. The lowest BCUT2D eigenvalue weighted by Gasteiger charge is -2.32. The van der Waals surface area contributed by atoms with Crippen LogP contribution in [0.3, 0.4) is 0 Å². The van der Waals surface area contributed by atoms with Crippen LogP contribution in [0, 0.1) is 0 Å². The molecule has 204 valence electrons. The number of nitrogens with one attached hydrogen (secondary N) is 2. The van der Waals surface area contributed by atoms with Crippen molar-refractivity contribution in [1.82, 2.24) is 25.5 Å². The fourth-order valence-electron chi connectivity index (χ4n) is 3.41. The van der Waals surface area contributed by atoms with Gasteiger partial charge in [0.2, 0.25) is 5.96 Å². The van der Waals surface area contributed by atoms with Crippen LogP contribution in [0.4, 0.5) is 21.2 Å². The van der Waals surface area contributed by atoms with E-state index < -0.39 is 23.7 Å². The van der Waals surface area contributed by atoms with Gasteiger partial charge in [-0.25, -0.2) is 24.5 Å². The first-order chi connectivity index (χ1) is 17.9. The first-order valence-electron chi connectivity index (χ1n) is 11.8. The molecule has 0 aliphatic carbocycles. The number of anilines is 2. The molecular formula is C24H31ClN8O5. The molecule has 0 saturated carbocycles. The third-order valence-corrected chi connectivity index (χ3v) is 5.49. The van der Waals surface area contributed by atoms with Crippen molar-refractivity contribution in [2.75, 3.05) is 24.6 Å². The van der Waals surface area contributed by atoms with E-state index in [1.807, 2.05) is 18.2 Å². The number of hydrogen-bond acceptors (Lipinski definition) is 10. The summed E-state index contributed by atoms with van der Waals surface area (Å²) in [6.07, 6.45) is -0.317. The van der Waals surface area contributed by atoms with E-state index in [1.165, 1.54) is 0 Å². The topological polar surface area (TPSA) is 187 Å². The third kappa shape index (κ3) is 8.47. The van der Waals surface area contributed by atoms with Crippen LogP contribution in [0.5, 0.6) is 0 Å². The standard InChI is InChI=1S/C24H31ClN8O5/c1-24(2,3)38-23(36)33-11-9-15(10-12-33)28-21(32-22(35)37-13-14-7-5-4-6-8-14)31-20(34)16-18(26)30-19(27)17(25)29-16/h4-8,15H,9-13H2,1-3H3,(H4,26,27,30)(H2,28,31,32,34,35). The molecule has 1 aliphatic rings. The molecule has 1 aliphatic heterocycles. The van der Waals surface area contributed by atoms with Crippen molar-refractivity contribution in [1.29, 1.82) is 0 Å². The second-order valence-electron chi connectivity index (χ2n) is 9.45. The molecule has 13 nitrogen and oxygen atoms in total. The predicted molar refractivity (Wildman–Crippen MR) is 141 cm³/mol. The number of carbonyl (C=O) groups is 3. The number of aliphatic imine (C=N–C) groups is 1. The Kier molecular flexibility index (Phi) is 9.29. The average molecular weight is 547 g/mol. The number of ether oxygens (including phenoxy) is 2. The van der Waals surface area contributed by atoms with Crippen LogP contribution in [0.15, 0.2) is 35.3 Å². The van der Waals surface area contributed by atoms with Gasteiger partial charge in [0.05, 0.1) is 6.04 Å². The Morgan fingerprint density at radius 3 is 2.37 bits per heavy atom. The zero-order valence-corrected chi connectivity index (χ0v) is 22.1. The molecule has 1 fully saturated rings. The molecular weight excluding hydrogens is 516 g/mol. The Bertz CT molecular complexity index is 1190. The van der Waals surface area contributed by atoms with Gasteiger partial charge in [-0.15, -0.1) is 0 Å². The van der Waals surface area contributed by atoms with Crippen molar-refractivity contribution in [3.05, 3.63) is 46.7 Å². The number of aromatic nitrogens is 2. The van der Waals surface area contributed by atoms with E-state index in [0.29, 0.717) is 25.9 Å². The Hall–Kier alpha value is -4.13. The van der Waals surface area contributed by atoms with Crippen LogP contribution in [-0.4, -0.2) is 63.7 Å². The molecule has 6 N–H and O–H groups in total. The Balaban J connectivity index is 1.71. The van der Waals surface area contributed by atoms with Crippen LogP contribution in [0.1, 0.15) is 49.7 Å². The maximum Gasteiger partial charge on any atom is 0.414 e. The summed E-state index contributed by atoms with van der Waals surface area (Å²) in [5.41, 5.74) is 11.2. The van der Waals surface area contributed by atoms with Gasteiger partial charge in [0, 0.05) is 13.1 Å². The van der Waals surface area contributed by atoms with Gasteiger partial charge < -0.3 is 25.8 Å². The smallest absolute Gasteiger partial charge is 0.414 e. The highest BCUT2D eigenvalue weighted by Gasteiger charge is 2.28. The fourth-order valence-corrected chi connectivity index (χ4v) is 3.54. The van der Waals surface area contributed by atoms with Gasteiger partial charge in [-0.1, -0.05) is 41.9 Å². The third-order valence-electron chi connectivity index (χ3n) is 5.21. The number of carbonyl (C=O) groups excluding carboxylic acids is 3. The number of rotatable bonds is 4. The molecule has 1 aromatic heterocycles. The summed E-state index contributed by atoms with van der Waals surface area (Å²) in [6.45, 7) is 6.16. The molecule has 2 heterocycles. The van der Waals surface area contributed by atoms with E-state index in [4.69, 9.17) is 32.5 Å². The van der Waals surface area contributed by atoms with Crippen molar-refractivity contribution in [3.63, 3.8) is 0 Å². The first-order valence-corrected chi connectivity index (χ1v) is 12.2. The van der Waals surface area contributed by atoms with Gasteiger partial charge in [0.25, 0.3) is 5.91 Å². The number of piperidine rings is 1. The highest BCUT2D eigenvalue weighted by atomic mass is 35.5. The number of halogens is 1. The SMILES string of the molecule is CC(C)(C)OC(=O)N1CCC(N=C(NC(=O)OCc2ccccc2)NC(=O)c2nc(Cl)c(N)nc2N)CC1. The molecule has 2 aromatic rings. The van der Waals surface area contributed by atoms with E-state index in [2.05, 4.69) is 25.6 Å². The quantitative estimate of drug-likeness (QED) is 0.330. The summed E-state index contributed by atoms with van der Waals surface area (Å²) in [4.78, 5) is 51.5. The van der Waals surface area contributed by atoms with Crippen molar-refractivity contribution >= 4 is 47.3 Å². The molecule has 1 saturated heterocycles. The molecule has 0 atom stereocenters. The van der Waals surface area contributed by atoms with Gasteiger partial charge in [-0.2, -0.15) is 0 Å². The molecule has 38 heavy (non-hydrogen) atoms. The molecule has 1 aromatic carbocycles. The first kappa shape index (κ1) is 28.4. The number of alkyl carbamates (subject to hydrolysis) is 1. The number of guanidine groups is 1. The largest absolute Gasteiger partial charge is 0.444 e. The van der Waals surface area contributed by atoms with Crippen LogP contribution in [0.25, 0.3) is 0 Å². The lowest BCUT2D eigenvalue weighted by molar-refractivity contribution is 0.0207. The molecule has 3 rings (SSSR count). The number of nitrogens with two attached hydrogens (primary N) is 2. The lowest BCUT2D eigenvalue weighted by atomic mass is 10.1. The van der Waals surface area contributed by atoms with Gasteiger partial charge in [-0.05, 0) is 39.2 Å². The Morgan fingerprint density at radius 1 is 1.08 bits per heavy atom. The van der Waals surface area contributed by atoms with Gasteiger partial charge in [-0.3, -0.25) is 15.4 Å². The predicted octanol–water partition coefficient (Wildman–Crippen LogP) is 2.71. The minimum atomic E-state index is -0.839. The van der Waals surface area contributed by atoms with Crippen molar-refractivity contribution < 1.29 is 23.9 Å². The Labute approximate surface area is 224 Å². The summed E-state index contributed by atoms with van der Waals surface area (Å²) in [5.74, 6) is -1.38. The molecule has 0 spiro atoms. The highest BCUT2D eigenvalue weighted by Crippen LogP contribution is 2.19. The van der Waals surface area contributed by atoms with Gasteiger partial charge >= 0.3 is 12.2 Å². The number of hydrogen-bond donors (Lipinski definition) is 4. The van der Waals surface area contributed by atoms with E-state index in [1.54, 1.807) is 37.8 Å². The van der Waals surface area contributed by atoms with Crippen molar-refractivity contribution in [2.24, 2.45) is 4.99 Å². The van der Waals surface area contributed by atoms with Crippen LogP contribution in [-0.2, 0) is 16.1 Å². The van der Waals surface area contributed by atoms with E-state index in [0.717, 1.165) is 5.56 Å². The maximum absolute atomic E-state index is 12.9. The summed E-state index contributed by atoms with van der Waals surface area (Å²) < 4.78 is 10.7. The molecule has 3 amide bonds. The second-order valence-corrected chi connectivity index (χ2v) is 9.81. The fraction of sp³-hybridized carbons (Fsp3) is 0.417. The normalized spacial score (nSPS) is 14.5. The number of nitrogens with zero attached hydrogens (tertiary/aromatic N) is 4. The molecule has 14 heteroatoms. The minimum absolute atomic E-state index is 0.00811. The second kappa shape index (κ2) is 12.4. The monoisotopic (exact) mass is 546 g/mol. The van der Waals surface area contributed by atoms with Crippen molar-refractivity contribution in [2.45, 2.75) is 51.9 Å². The summed E-state index contributed by atoms with van der Waals surface area (Å²) >= 11 is 5.89. The Morgan fingerprint density at radius 2 is 1.74 bits per heavy atom. The van der Waals surface area contributed by atoms with Gasteiger partial charge in [0.1, 0.15) is 12.2 Å². The number of benzene rings is 1.